The van der Waals surface area contributed by atoms with Gasteiger partial charge in [0.25, 0.3) is 11.8 Å². The Morgan fingerprint density at radius 1 is 1.21 bits per heavy atom. The van der Waals surface area contributed by atoms with Gasteiger partial charge in [0.2, 0.25) is 0 Å². The van der Waals surface area contributed by atoms with E-state index in [1.807, 2.05) is 69.0 Å². The number of nitrogens with one attached hydrogen (secondary N) is 1. The van der Waals surface area contributed by atoms with E-state index in [0.717, 1.165) is 58.6 Å². The van der Waals surface area contributed by atoms with Gasteiger partial charge in [-0.05, 0) is 109 Å². The SMILES string of the molecule is C=C(C)C(=Cc1cc(Cl)ccc1C)C(=O)N1CC(CC=CC(C)CC=c2ccc(C(=O)NCCOC)c(C)c2=CC)C1. The number of methoxy groups -OCH3 is 1. The highest BCUT2D eigenvalue weighted by molar-refractivity contribution is 6.30. The van der Waals surface area contributed by atoms with Gasteiger partial charge < -0.3 is 15.0 Å². The average Bonchev–Trinajstić information content (AvgIpc) is 2.93. The van der Waals surface area contributed by atoms with Gasteiger partial charge in [0, 0.05) is 42.9 Å². The van der Waals surface area contributed by atoms with Crippen LogP contribution >= 0.6 is 11.6 Å². The Bertz CT molecular complexity index is 1480. The first-order chi connectivity index (χ1) is 20.0. The van der Waals surface area contributed by atoms with Crippen molar-refractivity contribution in [2.24, 2.45) is 11.8 Å². The zero-order valence-corrected chi connectivity index (χ0v) is 26.7. The molecule has 0 radical (unpaired) electrons. The molecule has 0 saturated carbocycles. The molecular weight excluding hydrogens is 544 g/mol. The van der Waals surface area contributed by atoms with E-state index in [1.165, 1.54) is 0 Å². The van der Waals surface area contributed by atoms with Crippen molar-refractivity contribution in [3.8, 4) is 0 Å². The fraction of sp³-hybridized carbons (Fsp3) is 0.389. The summed E-state index contributed by atoms with van der Waals surface area (Å²) >= 11 is 6.18. The molecule has 1 aliphatic heterocycles. The topological polar surface area (TPSA) is 58.6 Å². The van der Waals surface area contributed by atoms with Gasteiger partial charge in [-0.3, -0.25) is 9.59 Å². The number of halogens is 1. The molecule has 6 heteroatoms. The van der Waals surface area contributed by atoms with E-state index < -0.39 is 0 Å². The molecule has 224 valence electrons. The molecule has 0 spiro atoms. The molecular formula is C36H45ClN2O3. The zero-order chi connectivity index (χ0) is 30.8. The van der Waals surface area contributed by atoms with Crippen molar-refractivity contribution < 1.29 is 14.3 Å². The number of hydrogen-bond acceptors (Lipinski definition) is 3. The molecule has 1 fully saturated rings. The molecule has 1 saturated heterocycles. The Hall–Kier alpha value is -3.41. The van der Waals surface area contributed by atoms with Crippen molar-refractivity contribution in [3.05, 3.63) is 97.9 Å². The summed E-state index contributed by atoms with van der Waals surface area (Å²) in [6.07, 6.45) is 12.6. The molecule has 1 unspecified atom stereocenters. The number of aryl methyl sites for hydroxylation is 1. The summed E-state index contributed by atoms with van der Waals surface area (Å²) < 4.78 is 5.03. The Kier molecular flexibility index (Phi) is 12.4. The van der Waals surface area contributed by atoms with Crippen molar-refractivity contribution in [2.45, 2.75) is 47.5 Å². The van der Waals surface area contributed by atoms with Crippen LogP contribution in [0.1, 0.15) is 60.7 Å². The van der Waals surface area contributed by atoms with E-state index in [1.54, 1.807) is 7.11 Å². The van der Waals surface area contributed by atoms with Crippen molar-refractivity contribution >= 4 is 41.6 Å². The van der Waals surface area contributed by atoms with Gasteiger partial charge in [0.05, 0.1) is 6.61 Å². The summed E-state index contributed by atoms with van der Waals surface area (Å²) in [6, 6.07) is 9.65. The molecule has 2 aromatic carbocycles. The smallest absolute Gasteiger partial charge is 0.254 e. The molecule has 1 atom stereocenters. The number of carbonyl (C=O) groups excluding carboxylic acids is 2. The number of likely N-dealkylation sites (tertiary alicyclic amines) is 1. The summed E-state index contributed by atoms with van der Waals surface area (Å²) in [5.74, 6) is 0.799. The van der Waals surface area contributed by atoms with Gasteiger partial charge >= 0.3 is 0 Å². The Morgan fingerprint density at radius 2 is 1.95 bits per heavy atom. The maximum absolute atomic E-state index is 13.2. The minimum absolute atomic E-state index is 0.0300. The second kappa shape index (κ2) is 15.7. The van der Waals surface area contributed by atoms with Gasteiger partial charge in [0.15, 0.2) is 0 Å². The number of benzene rings is 2. The number of rotatable bonds is 12. The molecule has 5 nitrogen and oxygen atoms in total. The normalized spacial score (nSPS) is 15.7. The van der Waals surface area contributed by atoms with Crippen LogP contribution in [0.3, 0.4) is 0 Å². The Balaban J connectivity index is 1.55. The lowest BCUT2D eigenvalue weighted by Crippen LogP contribution is -2.50. The molecule has 3 rings (SSSR count). The van der Waals surface area contributed by atoms with E-state index in [0.29, 0.717) is 41.1 Å². The van der Waals surface area contributed by atoms with Crippen LogP contribution in [0, 0.1) is 25.7 Å². The van der Waals surface area contributed by atoms with Crippen LogP contribution in [0.4, 0.5) is 0 Å². The van der Waals surface area contributed by atoms with Crippen LogP contribution in [-0.4, -0.2) is 50.1 Å². The number of amides is 2. The van der Waals surface area contributed by atoms with Gasteiger partial charge in [-0.15, -0.1) is 0 Å². The lowest BCUT2D eigenvalue weighted by Gasteiger charge is -2.39. The minimum atomic E-state index is -0.0742. The molecule has 2 aromatic rings. The Morgan fingerprint density at radius 3 is 2.62 bits per heavy atom. The highest BCUT2D eigenvalue weighted by Gasteiger charge is 2.31. The fourth-order valence-electron chi connectivity index (χ4n) is 5.16. The lowest BCUT2D eigenvalue weighted by molar-refractivity contribution is -0.132. The number of ether oxygens (including phenoxy) is 1. The Labute approximate surface area is 256 Å². The van der Waals surface area contributed by atoms with Gasteiger partial charge in [-0.1, -0.05) is 61.5 Å². The quantitative estimate of drug-likeness (QED) is 0.143. The molecule has 0 bridgehead atoms. The number of allylic oxidation sites excluding steroid dienone is 2. The van der Waals surface area contributed by atoms with Crippen molar-refractivity contribution in [1.29, 1.82) is 0 Å². The van der Waals surface area contributed by atoms with E-state index in [2.05, 4.69) is 43.1 Å². The predicted octanol–water partition coefficient (Wildman–Crippen LogP) is 6.00. The van der Waals surface area contributed by atoms with Gasteiger partial charge in [-0.2, -0.15) is 0 Å². The zero-order valence-electron chi connectivity index (χ0n) is 25.9. The number of hydrogen-bond donors (Lipinski definition) is 1. The van der Waals surface area contributed by atoms with E-state index in [9.17, 15) is 9.59 Å². The number of nitrogens with zero attached hydrogens (tertiary/aromatic N) is 1. The summed E-state index contributed by atoms with van der Waals surface area (Å²) in [7, 11) is 1.62. The summed E-state index contributed by atoms with van der Waals surface area (Å²) in [5, 5.41) is 5.80. The first-order valence-electron chi connectivity index (χ1n) is 14.7. The summed E-state index contributed by atoms with van der Waals surface area (Å²) in [4.78, 5) is 27.7. The number of carbonyl (C=O) groups is 2. The molecule has 42 heavy (non-hydrogen) atoms. The maximum atomic E-state index is 13.2. The summed E-state index contributed by atoms with van der Waals surface area (Å²) in [6.45, 7) is 16.6. The van der Waals surface area contributed by atoms with E-state index >= 15 is 0 Å². The monoisotopic (exact) mass is 588 g/mol. The molecule has 2 amide bonds. The first kappa shape index (κ1) is 33.1. The average molecular weight is 589 g/mol. The second-order valence-corrected chi connectivity index (χ2v) is 11.7. The lowest BCUT2D eigenvalue weighted by atomic mass is 9.92. The van der Waals surface area contributed by atoms with Crippen molar-refractivity contribution in [1.82, 2.24) is 10.2 Å². The first-order valence-corrected chi connectivity index (χ1v) is 15.1. The molecule has 0 aromatic heterocycles. The molecule has 1 heterocycles. The van der Waals surface area contributed by atoms with Crippen molar-refractivity contribution in [2.75, 3.05) is 33.4 Å². The van der Waals surface area contributed by atoms with Crippen LogP contribution in [0.2, 0.25) is 5.02 Å². The molecule has 0 aliphatic carbocycles. The van der Waals surface area contributed by atoms with Gasteiger partial charge in [0.1, 0.15) is 0 Å². The maximum Gasteiger partial charge on any atom is 0.254 e. The van der Waals surface area contributed by atoms with Crippen LogP contribution in [-0.2, 0) is 9.53 Å². The largest absolute Gasteiger partial charge is 0.383 e. The third-order valence-electron chi connectivity index (χ3n) is 7.79. The van der Waals surface area contributed by atoms with Gasteiger partial charge in [-0.25, -0.2) is 0 Å². The third kappa shape index (κ3) is 8.80. The predicted molar refractivity (Wildman–Crippen MR) is 176 cm³/mol. The van der Waals surface area contributed by atoms with Crippen molar-refractivity contribution in [3.63, 3.8) is 0 Å². The van der Waals surface area contributed by atoms with Crippen LogP contribution < -0.4 is 15.8 Å². The standard InChI is InChI=1S/C36H45ClN2O3/c1-8-32-27(6)33(35(40)38-18-19-42-7)17-15-29(32)14-12-25(4)10-9-11-28-22-39(23-28)36(41)34(24(2)3)21-30-20-31(37)16-13-26(30)5/h8-10,13-17,20-21,25,28H,2,11-12,18-19,22-23H2,1,3-7H3,(H,38,40). The van der Waals surface area contributed by atoms with E-state index in [4.69, 9.17) is 16.3 Å². The highest BCUT2D eigenvalue weighted by Crippen LogP contribution is 2.26. The van der Waals surface area contributed by atoms with Crippen LogP contribution in [0.25, 0.3) is 18.2 Å². The summed E-state index contributed by atoms with van der Waals surface area (Å²) in [5.41, 5.74) is 5.09. The van der Waals surface area contributed by atoms with E-state index in [-0.39, 0.29) is 11.8 Å². The molecule has 1 N–H and O–H groups in total. The molecule has 1 aliphatic rings. The third-order valence-corrected chi connectivity index (χ3v) is 8.03. The van der Waals surface area contributed by atoms with Crippen LogP contribution in [0.15, 0.2) is 60.2 Å². The van der Waals surface area contributed by atoms with Crippen LogP contribution in [0.5, 0.6) is 0 Å². The second-order valence-electron chi connectivity index (χ2n) is 11.3. The fourth-order valence-corrected chi connectivity index (χ4v) is 5.34. The minimum Gasteiger partial charge on any atom is -0.383 e. The highest BCUT2D eigenvalue weighted by atomic mass is 35.5.